The molecule has 0 aliphatic heterocycles. The van der Waals surface area contributed by atoms with E-state index in [2.05, 4.69) is 5.32 Å². The van der Waals surface area contributed by atoms with Gasteiger partial charge in [-0.1, -0.05) is 0 Å². The lowest BCUT2D eigenvalue weighted by Gasteiger charge is -2.13. The molecule has 0 spiro atoms. The number of benzene rings is 2. The zero-order valence-electron chi connectivity index (χ0n) is 15.6. The summed E-state index contributed by atoms with van der Waals surface area (Å²) in [5.74, 6) is -2.07. The fourth-order valence-electron chi connectivity index (χ4n) is 2.72. The third-order valence-electron chi connectivity index (χ3n) is 4.09. The maximum atomic E-state index is 12.2. The topological polar surface area (TPSA) is 192 Å². The van der Waals surface area contributed by atoms with Crippen LogP contribution in [0.1, 0.15) is 12.8 Å². The number of alkyl halides is 1. The summed E-state index contributed by atoms with van der Waals surface area (Å²) in [6.07, 6.45) is -0.331. The van der Waals surface area contributed by atoms with Crippen LogP contribution in [0.25, 0.3) is 10.8 Å². The molecule has 0 saturated carbocycles. The molecular formula is C16H18ClNO10S3. The van der Waals surface area contributed by atoms with Crippen LogP contribution in [0.5, 0.6) is 5.75 Å². The Hall–Kier alpha value is -1.97. The molecule has 0 saturated heterocycles. The predicted octanol–water partition coefficient (Wildman–Crippen LogP) is 1.41. The van der Waals surface area contributed by atoms with Crippen LogP contribution in [-0.4, -0.2) is 62.8 Å². The first-order chi connectivity index (χ1) is 14.1. The van der Waals surface area contributed by atoms with Gasteiger partial charge in [0.15, 0.2) is 9.84 Å². The van der Waals surface area contributed by atoms with Crippen LogP contribution in [0.15, 0.2) is 34.1 Å². The van der Waals surface area contributed by atoms with Crippen molar-refractivity contribution in [2.45, 2.75) is 22.6 Å². The second-order valence-corrected chi connectivity index (χ2v) is 12.0. The van der Waals surface area contributed by atoms with Crippen molar-refractivity contribution < 1.29 is 44.3 Å². The summed E-state index contributed by atoms with van der Waals surface area (Å²) in [4.78, 5) is 10.8. The van der Waals surface area contributed by atoms with E-state index in [0.29, 0.717) is 6.07 Å². The van der Waals surface area contributed by atoms with E-state index in [0.717, 1.165) is 18.2 Å². The number of rotatable bonds is 9. The maximum Gasteiger partial charge on any atom is 0.294 e. The van der Waals surface area contributed by atoms with Gasteiger partial charge in [0.05, 0.1) is 27.0 Å². The van der Waals surface area contributed by atoms with Crippen LogP contribution in [0.3, 0.4) is 0 Å². The molecule has 2 rings (SSSR count). The Labute approximate surface area is 183 Å². The highest BCUT2D eigenvalue weighted by Gasteiger charge is 2.21. The summed E-state index contributed by atoms with van der Waals surface area (Å²) in [5, 5.41) is 12.1. The van der Waals surface area contributed by atoms with Gasteiger partial charge >= 0.3 is 0 Å². The van der Waals surface area contributed by atoms with Gasteiger partial charge in [0.2, 0.25) is 5.91 Å². The molecule has 4 N–H and O–H groups in total. The standard InChI is InChI=1S/C16H18ClNO10S3/c17-3-5-29(21,22)4-1-2-15(20)18-13-8-11(30(23,24)25)6-10-7-12(31(26,27)28)9-14(19)16(10)13/h6-9,19H,1-5H2,(H,18,20)(H,23,24,25)(H,26,27,28). The molecular weight excluding hydrogens is 498 g/mol. The molecule has 0 aliphatic rings. The number of phenols is 1. The number of aromatic hydroxyl groups is 1. The molecule has 0 atom stereocenters. The summed E-state index contributed by atoms with van der Waals surface area (Å²) < 4.78 is 87.7. The van der Waals surface area contributed by atoms with Gasteiger partial charge in [-0.3, -0.25) is 13.9 Å². The summed E-state index contributed by atoms with van der Waals surface area (Å²) in [5.41, 5.74) is -0.280. The number of halogens is 1. The molecule has 0 radical (unpaired) electrons. The lowest BCUT2D eigenvalue weighted by atomic mass is 10.1. The Balaban J connectivity index is 2.45. The molecule has 0 aliphatic carbocycles. The Morgan fingerprint density at radius 2 is 1.45 bits per heavy atom. The van der Waals surface area contributed by atoms with Gasteiger partial charge in [-0.25, -0.2) is 8.42 Å². The highest BCUT2D eigenvalue weighted by molar-refractivity contribution is 7.91. The number of sulfone groups is 1. The smallest absolute Gasteiger partial charge is 0.294 e. The molecule has 11 nitrogen and oxygen atoms in total. The summed E-state index contributed by atoms with van der Waals surface area (Å²) in [6, 6.07) is 3.22. The second-order valence-electron chi connectivity index (χ2n) is 6.45. The van der Waals surface area contributed by atoms with E-state index in [-0.39, 0.29) is 46.7 Å². The van der Waals surface area contributed by atoms with Gasteiger partial charge < -0.3 is 10.4 Å². The van der Waals surface area contributed by atoms with Crippen molar-refractivity contribution in [2.75, 3.05) is 22.7 Å². The van der Waals surface area contributed by atoms with Crippen molar-refractivity contribution in [3.05, 3.63) is 24.3 Å². The monoisotopic (exact) mass is 515 g/mol. The quantitative estimate of drug-likeness (QED) is 0.280. The molecule has 2 aromatic rings. The number of hydrogen-bond acceptors (Lipinski definition) is 8. The van der Waals surface area contributed by atoms with Crippen molar-refractivity contribution in [1.82, 2.24) is 0 Å². The minimum Gasteiger partial charge on any atom is -0.507 e. The number of carbonyl (C=O) groups is 1. The van der Waals surface area contributed by atoms with Crippen molar-refractivity contribution in [3.8, 4) is 5.75 Å². The minimum absolute atomic E-state index is 0.0557. The Morgan fingerprint density at radius 1 is 0.903 bits per heavy atom. The molecule has 0 fully saturated rings. The molecule has 15 heteroatoms. The van der Waals surface area contributed by atoms with E-state index in [4.69, 9.17) is 11.6 Å². The Bertz CT molecular complexity index is 1330. The number of amides is 1. The number of carbonyl (C=O) groups excluding carboxylic acids is 1. The fourth-order valence-corrected chi connectivity index (χ4v) is 5.53. The number of anilines is 1. The third kappa shape index (κ3) is 6.75. The van der Waals surface area contributed by atoms with Crippen molar-refractivity contribution in [1.29, 1.82) is 0 Å². The fraction of sp³-hybridized carbons (Fsp3) is 0.312. The van der Waals surface area contributed by atoms with Gasteiger partial charge in [0.1, 0.15) is 5.75 Å². The van der Waals surface area contributed by atoms with E-state index < -0.39 is 51.5 Å². The molecule has 172 valence electrons. The summed E-state index contributed by atoms with van der Waals surface area (Å²) >= 11 is 5.39. The number of fused-ring (bicyclic) bond motifs is 1. The van der Waals surface area contributed by atoms with E-state index in [1.54, 1.807) is 0 Å². The zero-order chi connectivity index (χ0) is 23.6. The molecule has 0 heterocycles. The first-order valence-electron chi connectivity index (χ1n) is 8.46. The number of phenolic OH excluding ortho intramolecular Hbond substituents is 1. The molecule has 0 unspecified atom stereocenters. The highest BCUT2D eigenvalue weighted by Crippen LogP contribution is 2.36. The van der Waals surface area contributed by atoms with Crippen LogP contribution in [0.4, 0.5) is 5.69 Å². The minimum atomic E-state index is -4.79. The maximum absolute atomic E-state index is 12.2. The van der Waals surface area contributed by atoms with Crippen LogP contribution in [0, 0.1) is 0 Å². The van der Waals surface area contributed by atoms with Gasteiger partial charge in [0, 0.05) is 23.8 Å². The first kappa shape index (κ1) is 25.3. The Kier molecular flexibility index (Phi) is 7.55. The molecule has 0 bridgehead atoms. The normalized spacial score (nSPS) is 12.7. The van der Waals surface area contributed by atoms with Crippen molar-refractivity contribution in [3.63, 3.8) is 0 Å². The van der Waals surface area contributed by atoms with Crippen molar-refractivity contribution >= 4 is 64.0 Å². The van der Waals surface area contributed by atoms with E-state index in [9.17, 15) is 44.3 Å². The predicted molar refractivity (Wildman–Crippen MR) is 112 cm³/mol. The van der Waals surface area contributed by atoms with E-state index >= 15 is 0 Å². The average molecular weight is 516 g/mol. The highest BCUT2D eigenvalue weighted by atomic mass is 35.5. The lowest BCUT2D eigenvalue weighted by Crippen LogP contribution is -2.16. The SMILES string of the molecule is O=C(CCCS(=O)(=O)CCCl)Nc1cc(S(=O)(=O)O)cc2cc(S(=O)(=O)O)cc(O)c12. The van der Waals surface area contributed by atoms with Crippen LogP contribution >= 0.6 is 11.6 Å². The van der Waals surface area contributed by atoms with Gasteiger partial charge in [-0.15, -0.1) is 11.6 Å². The first-order valence-corrected chi connectivity index (χ1v) is 13.7. The summed E-state index contributed by atoms with van der Waals surface area (Å²) in [7, 11) is -13.0. The molecule has 31 heavy (non-hydrogen) atoms. The lowest BCUT2D eigenvalue weighted by molar-refractivity contribution is -0.116. The van der Waals surface area contributed by atoms with Crippen LogP contribution in [0.2, 0.25) is 0 Å². The molecule has 2 aromatic carbocycles. The number of nitrogens with one attached hydrogen (secondary N) is 1. The zero-order valence-corrected chi connectivity index (χ0v) is 18.9. The largest absolute Gasteiger partial charge is 0.507 e. The molecule has 0 aromatic heterocycles. The second kappa shape index (κ2) is 9.26. The number of hydrogen-bond donors (Lipinski definition) is 4. The molecule has 1 amide bonds. The van der Waals surface area contributed by atoms with Gasteiger partial charge in [0.25, 0.3) is 20.2 Å². The average Bonchev–Trinajstić information content (AvgIpc) is 2.59. The van der Waals surface area contributed by atoms with Crippen LogP contribution in [-0.2, 0) is 34.9 Å². The Morgan fingerprint density at radius 3 is 1.97 bits per heavy atom. The van der Waals surface area contributed by atoms with Gasteiger partial charge in [-0.05, 0) is 30.0 Å². The van der Waals surface area contributed by atoms with Gasteiger partial charge in [-0.2, -0.15) is 16.8 Å². The van der Waals surface area contributed by atoms with Crippen molar-refractivity contribution in [2.24, 2.45) is 0 Å². The van der Waals surface area contributed by atoms with E-state index in [1.165, 1.54) is 0 Å². The van der Waals surface area contributed by atoms with Crippen LogP contribution < -0.4 is 5.32 Å². The van der Waals surface area contributed by atoms with E-state index in [1.807, 2.05) is 0 Å². The third-order valence-corrected chi connectivity index (χ3v) is 7.91. The summed E-state index contributed by atoms with van der Waals surface area (Å²) in [6.45, 7) is 0.